The number of aliphatic hydroxyl groups excluding tert-OH is 1. The molecule has 0 aliphatic heterocycles. The minimum absolute atomic E-state index is 0.221. The van der Waals surface area contributed by atoms with E-state index in [1.165, 1.54) is 11.3 Å². The van der Waals surface area contributed by atoms with E-state index in [4.69, 9.17) is 5.11 Å². The van der Waals surface area contributed by atoms with E-state index in [-0.39, 0.29) is 6.61 Å². The first-order chi connectivity index (χ1) is 6.26. The van der Waals surface area contributed by atoms with E-state index >= 15 is 0 Å². The summed E-state index contributed by atoms with van der Waals surface area (Å²) in [7, 11) is 0. The highest BCUT2D eigenvalue weighted by atomic mass is 32.2. The molecule has 1 rings (SSSR count). The molecular weight excluding hydrogens is 204 g/mol. The van der Waals surface area contributed by atoms with E-state index < -0.39 is 0 Å². The van der Waals surface area contributed by atoms with Gasteiger partial charge in [-0.1, -0.05) is 6.92 Å². The molecule has 0 bridgehead atoms. The lowest BCUT2D eigenvalue weighted by Crippen LogP contribution is -2.02. The maximum Gasteiger partial charge on any atom is 0.160 e. The third-order valence-corrected chi connectivity index (χ3v) is 4.11. The van der Waals surface area contributed by atoms with E-state index in [1.807, 2.05) is 19.1 Å². The summed E-state index contributed by atoms with van der Waals surface area (Å²) in [6, 6.07) is 3.77. The highest BCUT2D eigenvalue weighted by Crippen LogP contribution is 2.27. The number of carbonyl (C=O) groups excluding carboxylic acids is 1. The molecule has 13 heavy (non-hydrogen) atoms. The number of aliphatic hydroxyl groups is 1. The third kappa shape index (κ3) is 3.50. The van der Waals surface area contributed by atoms with Gasteiger partial charge in [-0.2, -0.15) is 0 Å². The summed E-state index contributed by atoms with van der Waals surface area (Å²) in [6.07, 6.45) is 0.865. The van der Waals surface area contributed by atoms with E-state index in [9.17, 15) is 4.79 Å². The van der Waals surface area contributed by atoms with E-state index in [0.29, 0.717) is 5.92 Å². The predicted molar refractivity (Wildman–Crippen MR) is 56.7 cm³/mol. The van der Waals surface area contributed by atoms with E-state index in [0.717, 1.165) is 21.1 Å². The molecule has 4 heteroatoms. The van der Waals surface area contributed by atoms with Crippen LogP contribution in [-0.2, 0) is 0 Å². The Kier molecular flexibility index (Phi) is 4.48. The van der Waals surface area contributed by atoms with Crippen LogP contribution in [0.2, 0.25) is 0 Å². The van der Waals surface area contributed by atoms with Crippen molar-refractivity contribution in [1.82, 2.24) is 0 Å². The van der Waals surface area contributed by atoms with Crippen molar-refractivity contribution in [3.8, 4) is 0 Å². The van der Waals surface area contributed by atoms with Gasteiger partial charge in [0.1, 0.15) is 0 Å². The number of carbonyl (C=O) groups is 1. The molecule has 0 spiro atoms. The topological polar surface area (TPSA) is 37.3 Å². The van der Waals surface area contributed by atoms with Gasteiger partial charge in [0.2, 0.25) is 0 Å². The fourth-order valence-electron chi connectivity index (χ4n) is 0.752. The molecule has 0 saturated carbocycles. The Balaban J connectivity index is 2.40. The number of thioether (sulfide) groups is 1. The standard InChI is InChI=1S/C9H12O2S2/c1-7(4-10)6-12-9-3-2-8(5-11)13-9/h2-3,5,7,10H,4,6H2,1H3. The van der Waals surface area contributed by atoms with Crippen molar-refractivity contribution in [1.29, 1.82) is 0 Å². The maximum absolute atomic E-state index is 10.4. The summed E-state index contributed by atoms with van der Waals surface area (Å²) < 4.78 is 1.14. The zero-order chi connectivity index (χ0) is 9.68. The van der Waals surface area contributed by atoms with Crippen LogP contribution in [0.15, 0.2) is 16.3 Å². The molecule has 0 aliphatic rings. The fraction of sp³-hybridized carbons (Fsp3) is 0.444. The lowest BCUT2D eigenvalue weighted by Gasteiger charge is -2.04. The van der Waals surface area contributed by atoms with Gasteiger partial charge in [0.15, 0.2) is 6.29 Å². The van der Waals surface area contributed by atoms with Gasteiger partial charge in [-0.15, -0.1) is 23.1 Å². The molecule has 0 aromatic carbocycles. The van der Waals surface area contributed by atoms with Gasteiger partial charge >= 0.3 is 0 Å². The fourth-order valence-corrected chi connectivity index (χ4v) is 2.75. The van der Waals surface area contributed by atoms with Crippen LogP contribution in [0.4, 0.5) is 0 Å². The second kappa shape index (κ2) is 5.42. The lowest BCUT2D eigenvalue weighted by molar-refractivity contribution is 0.112. The van der Waals surface area contributed by atoms with Crippen molar-refractivity contribution in [2.75, 3.05) is 12.4 Å². The van der Waals surface area contributed by atoms with Gasteiger partial charge in [-0.25, -0.2) is 0 Å². The van der Waals surface area contributed by atoms with Gasteiger partial charge < -0.3 is 5.11 Å². The van der Waals surface area contributed by atoms with Crippen molar-refractivity contribution >= 4 is 29.4 Å². The Morgan fingerprint density at radius 3 is 3.00 bits per heavy atom. The van der Waals surface area contributed by atoms with Gasteiger partial charge in [0.05, 0.1) is 9.09 Å². The van der Waals surface area contributed by atoms with Gasteiger partial charge in [0.25, 0.3) is 0 Å². The Morgan fingerprint density at radius 2 is 2.46 bits per heavy atom. The second-order valence-corrected chi connectivity index (χ2v) is 5.31. The zero-order valence-electron chi connectivity index (χ0n) is 7.40. The molecule has 0 saturated heterocycles. The minimum atomic E-state index is 0.221. The van der Waals surface area contributed by atoms with Crippen LogP contribution in [-0.4, -0.2) is 23.8 Å². The van der Waals surface area contributed by atoms with Crippen LogP contribution in [0.5, 0.6) is 0 Å². The van der Waals surface area contributed by atoms with Crippen LogP contribution in [0.25, 0.3) is 0 Å². The Bertz CT molecular complexity index is 270. The monoisotopic (exact) mass is 216 g/mol. The van der Waals surface area contributed by atoms with Crippen molar-refractivity contribution in [3.05, 3.63) is 17.0 Å². The summed E-state index contributed by atoms with van der Waals surface area (Å²) in [5.41, 5.74) is 0. The molecular formula is C9H12O2S2. The molecule has 1 aromatic heterocycles. The Morgan fingerprint density at radius 1 is 1.69 bits per heavy atom. The van der Waals surface area contributed by atoms with E-state index in [2.05, 4.69) is 0 Å². The summed E-state index contributed by atoms with van der Waals surface area (Å²) >= 11 is 3.19. The molecule has 1 N–H and O–H groups in total. The molecule has 1 aromatic rings. The molecule has 72 valence electrons. The first-order valence-electron chi connectivity index (χ1n) is 4.05. The number of hydrogen-bond donors (Lipinski definition) is 1. The first kappa shape index (κ1) is 10.8. The summed E-state index contributed by atoms with van der Waals surface area (Å²) in [4.78, 5) is 11.1. The highest BCUT2D eigenvalue weighted by molar-refractivity contribution is 8.01. The summed E-state index contributed by atoms with van der Waals surface area (Å²) in [5.74, 6) is 1.21. The molecule has 2 nitrogen and oxygen atoms in total. The van der Waals surface area contributed by atoms with E-state index in [1.54, 1.807) is 11.8 Å². The molecule has 0 radical (unpaired) electrons. The normalized spacial score (nSPS) is 12.8. The molecule has 0 aliphatic carbocycles. The molecule has 0 amide bonds. The molecule has 1 unspecified atom stereocenters. The van der Waals surface area contributed by atoms with Crippen molar-refractivity contribution in [3.63, 3.8) is 0 Å². The quantitative estimate of drug-likeness (QED) is 0.606. The van der Waals surface area contributed by atoms with Crippen molar-refractivity contribution in [2.45, 2.75) is 11.1 Å². The SMILES string of the molecule is CC(CO)CSc1ccc(C=O)s1. The van der Waals surface area contributed by atoms with Crippen LogP contribution in [0, 0.1) is 5.92 Å². The van der Waals surface area contributed by atoms with Crippen molar-refractivity contribution < 1.29 is 9.90 Å². The van der Waals surface area contributed by atoms with Crippen LogP contribution in [0.3, 0.4) is 0 Å². The summed E-state index contributed by atoms with van der Waals surface area (Å²) in [6.45, 7) is 2.22. The Labute approximate surface area is 86.0 Å². The predicted octanol–water partition coefficient (Wildman–Crippen LogP) is 2.28. The Hall–Kier alpha value is -0.320. The largest absolute Gasteiger partial charge is 0.396 e. The second-order valence-electron chi connectivity index (χ2n) is 2.87. The average Bonchev–Trinajstić information content (AvgIpc) is 2.61. The lowest BCUT2D eigenvalue weighted by atomic mass is 10.2. The van der Waals surface area contributed by atoms with Crippen LogP contribution in [0.1, 0.15) is 16.6 Å². The number of thiophene rings is 1. The van der Waals surface area contributed by atoms with Crippen molar-refractivity contribution in [2.24, 2.45) is 5.92 Å². The summed E-state index contributed by atoms with van der Waals surface area (Å²) in [5, 5.41) is 8.80. The third-order valence-electron chi connectivity index (χ3n) is 1.54. The van der Waals surface area contributed by atoms with Crippen LogP contribution >= 0.6 is 23.1 Å². The molecule has 1 heterocycles. The zero-order valence-corrected chi connectivity index (χ0v) is 9.03. The number of aldehydes is 1. The van der Waals surface area contributed by atoms with Crippen LogP contribution < -0.4 is 0 Å². The molecule has 0 fully saturated rings. The first-order valence-corrected chi connectivity index (χ1v) is 5.85. The smallest absolute Gasteiger partial charge is 0.160 e. The average molecular weight is 216 g/mol. The van der Waals surface area contributed by atoms with Gasteiger partial charge in [-0.05, 0) is 18.1 Å². The number of hydrogen-bond acceptors (Lipinski definition) is 4. The maximum atomic E-state index is 10.4. The molecule has 1 atom stereocenters. The number of rotatable bonds is 5. The van der Waals surface area contributed by atoms with Gasteiger partial charge in [-0.3, -0.25) is 4.79 Å². The minimum Gasteiger partial charge on any atom is -0.396 e. The highest BCUT2D eigenvalue weighted by Gasteiger charge is 2.03. The van der Waals surface area contributed by atoms with Gasteiger partial charge in [0, 0.05) is 12.4 Å².